The van der Waals surface area contributed by atoms with E-state index in [1.54, 1.807) is 12.4 Å². The van der Waals surface area contributed by atoms with Gasteiger partial charge in [0.2, 0.25) is 5.91 Å². The Hall–Kier alpha value is -1.13. The van der Waals surface area contributed by atoms with Crippen molar-refractivity contribution in [2.75, 3.05) is 19.6 Å². The van der Waals surface area contributed by atoms with E-state index in [1.165, 1.54) is 0 Å². The minimum Gasteiger partial charge on any atom is -0.356 e. The summed E-state index contributed by atoms with van der Waals surface area (Å²) in [5.41, 5.74) is 1.35. The Kier molecular flexibility index (Phi) is 3.46. The average molecular weight is 280 g/mol. The minimum atomic E-state index is 0.214. The predicted octanol–water partition coefficient (Wildman–Crippen LogP) is 1.84. The van der Waals surface area contributed by atoms with Gasteiger partial charge >= 0.3 is 0 Å². The maximum Gasteiger partial charge on any atom is 0.220 e. The topological polar surface area (TPSA) is 45.2 Å². The number of nitrogens with one attached hydrogen (secondary N) is 1. The smallest absolute Gasteiger partial charge is 0.220 e. The quantitative estimate of drug-likeness (QED) is 0.898. The molecule has 1 amide bonds. The molecule has 0 aliphatic carbocycles. The van der Waals surface area contributed by atoms with Crippen LogP contribution in [0.5, 0.6) is 0 Å². The Morgan fingerprint density at radius 2 is 2.21 bits per heavy atom. The summed E-state index contributed by atoms with van der Waals surface area (Å²) < 4.78 is 0. The van der Waals surface area contributed by atoms with Gasteiger partial charge in [0.15, 0.2) is 0 Å². The third kappa shape index (κ3) is 2.74. The van der Waals surface area contributed by atoms with E-state index in [9.17, 15) is 4.79 Å². The van der Waals surface area contributed by atoms with Gasteiger partial charge in [0.1, 0.15) is 0 Å². The van der Waals surface area contributed by atoms with Crippen LogP contribution in [0.1, 0.15) is 24.8 Å². The monoisotopic (exact) mass is 279 g/mol. The molecule has 1 aromatic rings. The Balaban J connectivity index is 1.59. The number of piperidine rings is 1. The lowest BCUT2D eigenvalue weighted by Gasteiger charge is -2.38. The van der Waals surface area contributed by atoms with Gasteiger partial charge in [0.05, 0.1) is 5.02 Å². The zero-order valence-electron chi connectivity index (χ0n) is 10.9. The Labute approximate surface area is 118 Å². The second kappa shape index (κ2) is 5.10. The number of hydrogen-bond acceptors (Lipinski definition) is 3. The van der Waals surface area contributed by atoms with Crippen LogP contribution in [0.3, 0.4) is 0 Å². The molecule has 2 saturated heterocycles. The molecule has 0 atom stereocenters. The number of amides is 1. The summed E-state index contributed by atoms with van der Waals surface area (Å²) in [6, 6.07) is 1.98. The van der Waals surface area contributed by atoms with E-state index in [4.69, 9.17) is 11.6 Å². The first-order valence-electron chi connectivity index (χ1n) is 6.74. The molecule has 3 rings (SSSR count). The molecular formula is C14H18ClN3O. The number of pyridine rings is 1. The molecule has 2 aliphatic rings. The number of rotatable bonds is 2. The number of carbonyl (C=O) groups is 1. The molecule has 0 bridgehead atoms. The largest absolute Gasteiger partial charge is 0.356 e. The highest BCUT2D eigenvalue weighted by Crippen LogP contribution is 2.37. The normalized spacial score (nSPS) is 22.7. The first-order chi connectivity index (χ1) is 9.17. The summed E-state index contributed by atoms with van der Waals surface area (Å²) in [4.78, 5) is 17.8. The maximum absolute atomic E-state index is 11.4. The first-order valence-corrected chi connectivity index (χ1v) is 7.12. The van der Waals surface area contributed by atoms with Gasteiger partial charge in [-0.3, -0.25) is 14.7 Å². The average Bonchev–Trinajstić information content (AvgIpc) is 2.77. The van der Waals surface area contributed by atoms with Crippen LogP contribution in [-0.4, -0.2) is 35.4 Å². The molecule has 2 fully saturated rings. The van der Waals surface area contributed by atoms with Crippen molar-refractivity contribution >= 4 is 17.5 Å². The van der Waals surface area contributed by atoms with Crippen LogP contribution in [0.15, 0.2) is 18.5 Å². The number of halogens is 1. The van der Waals surface area contributed by atoms with Crippen LogP contribution < -0.4 is 5.32 Å². The van der Waals surface area contributed by atoms with Crippen molar-refractivity contribution < 1.29 is 4.79 Å². The van der Waals surface area contributed by atoms with Crippen LogP contribution in [0, 0.1) is 5.41 Å². The summed E-state index contributed by atoms with van der Waals surface area (Å²) >= 11 is 6.14. The molecule has 5 heteroatoms. The second-order valence-electron chi connectivity index (χ2n) is 5.70. The van der Waals surface area contributed by atoms with Crippen LogP contribution in [-0.2, 0) is 11.3 Å². The van der Waals surface area contributed by atoms with Crippen molar-refractivity contribution in [1.29, 1.82) is 0 Å². The molecule has 1 N–H and O–H groups in total. The standard InChI is InChI=1S/C14H18ClN3O/c15-12-8-16-4-1-11(12)9-18-5-2-14(3-6-18)7-13(19)17-10-14/h1,4,8H,2-3,5-7,9-10H2,(H,17,19). The van der Waals surface area contributed by atoms with Gasteiger partial charge in [-0.25, -0.2) is 0 Å². The molecule has 0 unspecified atom stereocenters. The molecular weight excluding hydrogens is 262 g/mol. The van der Waals surface area contributed by atoms with Gasteiger partial charge in [0.25, 0.3) is 0 Å². The zero-order valence-corrected chi connectivity index (χ0v) is 11.6. The molecule has 0 aromatic carbocycles. The summed E-state index contributed by atoms with van der Waals surface area (Å²) in [6.07, 6.45) is 6.37. The number of likely N-dealkylation sites (tertiary alicyclic amines) is 1. The summed E-state index contributed by atoms with van der Waals surface area (Å²) in [7, 11) is 0. The summed E-state index contributed by atoms with van der Waals surface area (Å²) in [5, 5.41) is 3.70. The lowest BCUT2D eigenvalue weighted by Crippen LogP contribution is -2.40. The number of carbonyl (C=O) groups excluding carboxylic acids is 1. The van der Waals surface area contributed by atoms with E-state index < -0.39 is 0 Å². The van der Waals surface area contributed by atoms with E-state index in [0.717, 1.165) is 49.6 Å². The molecule has 1 spiro atoms. The molecule has 4 nitrogen and oxygen atoms in total. The van der Waals surface area contributed by atoms with Crippen LogP contribution in [0.4, 0.5) is 0 Å². The first kappa shape index (κ1) is 12.9. The van der Waals surface area contributed by atoms with E-state index >= 15 is 0 Å². The van der Waals surface area contributed by atoms with Gasteiger partial charge in [-0.1, -0.05) is 11.6 Å². The van der Waals surface area contributed by atoms with Crippen LogP contribution in [0.2, 0.25) is 5.02 Å². The zero-order chi connectivity index (χ0) is 13.3. The fourth-order valence-corrected chi connectivity index (χ4v) is 3.24. The Bertz CT molecular complexity index is 483. The van der Waals surface area contributed by atoms with Gasteiger partial charge in [-0.05, 0) is 43.0 Å². The fourth-order valence-electron chi connectivity index (χ4n) is 3.06. The van der Waals surface area contributed by atoms with E-state index in [2.05, 4.69) is 15.2 Å². The van der Waals surface area contributed by atoms with Crippen molar-refractivity contribution in [3.8, 4) is 0 Å². The third-order valence-electron chi connectivity index (χ3n) is 4.36. The van der Waals surface area contributed by atoms with E-state index in [-0.39, 0.29) is 11.3 Å². The molecule has 0 radical (unpaired) electrons. The van der Waals surface area contributed by atoms with Crippen molar-refractivity contribution in [1.82, 2.24) is 15.2 Å². The number of aromatic nitrogens is 1. The second-order valence-corrected chi connectivity index (χ2v) is 6.10. The molecule has 102 valence electrons. The predicted molar refractivity (Wildman–Crippen MR) is 73.8 cm³/mol. The van der Waals surface area contributed by atoms with Crippen molar-refractivity contribution in [3.63, 3.8) is 0 Å². The minimum absolute atomic E-state index is 0.214. The maximum atomic E-state index is 11.4. The van der Waals surface area contributed by atoms with E-state index in [1.807, 2.05) is 6.07 Å². The number of hydrogen-bond donors (Lipinski definition) is 1. The van der Waals surface area contributed by atoms with Crippen molar-refractivity contribution in [2.24, 2.45) is 5.41 Å². The third-order valence-corrected chi connectivity index (χ3v) is 4.70. The van der Waals surface area contributed by atoms with Gasteiger partial charge in [0, 0.05) is 31.9 Å². The molecule has 2 aliphatic heterocycles. The summed E-state index contributed by atoms with van der Waals surface area (Å²) in [6.45, 7) is 3.80. The van der Waals surface area contributed by atoms with Crippen molar-refractivity contribution in [3.05, 3.63) is 29.0 Å². The summed E-state index contributed by atoms with van der Waals surface area (Å²) in [5.74, 6) is 0.214. The van der Waals surface area contributed by atoms with Crippen LogP contribution in [0.25, 0.3) is 0 Å². The van der Waals surface area contributed by atoms with E-state index in [0.29, 0.717) is 6.42 Å². The molecule has 19 heavy (non-hydrogen) atoms. The molecule has 1 aromatic heterocycles. The molecule has 3 heterocycles. The van der Waals surface area contributed by atoms with Crippen molar-refractivity contribution in [2.45, 2.75) is 25.8 Å². The highest BCUT2D eigenvalue weighted by Gasteiger charge is 2.40. The van der Waals surface area contributed by atoms with Gasteiger partial charge < -0.3 is 5.32 Å². The highest BCUT2D eigenvalue weighted by molar-refractivity contribution is 6.31. The Morgan fingerprint density at radius 1 is 1.42 bits per heavy atom. The lowest BCUT2D eigenvalue weighted by molar-refractivity contribution is -0.119. The lowest BCUT2D eigenvalue weighted by atomic mass is 9.77. The molecule has 0 saturated carbocycles. The fraction of sp³-hybridized carbons (Fsp3) is 0.571. The van der Waals surface area contributed by atoms with Gasteiger partial charge in [-0.2, -0.15) is 0 Å². The van der Waals surface area contributed by atoms with Gasteiger partial charge in [-0.15, -0.1) is 0 Å². The van der Waals surface area contributed by atoms with Crippen LogP contribution >= 0.6 is 11.6 Å². The Morgan fingerprint density at radius 3 is 2.84 bits per heavy atom. The number of nitrogens with zero attached hydrogens (tertiary/aromatic N) is 2. The highest BCUT2D eigenvalue weighted by atomic mass is 35.5. The SMILES string of the molecule is O=C1CC2(CCN(Cc3ccncc3Cl)CC2)CN1.